The van der Waals surface area contributed by atoms with Crippen LogP contribution in [0, 0.1) is 5.92 Å². The molecule has 6 nitrogen and oxygen atoms in total. The van der Waals surface area contributed by atoms with Gasteiger partial charge in [0.25, 0.3) is 6.43 Å². The van der Waals surface area contributed by atoms with E-state index in [2.05, 4.69) is 9.82 Å². The lowest BCUT2D eigenvalue weighted by atomic mass is 9.99. The second kappa shape index (κ2) is 6.80. The summed E-state index contributed by atoms with van der Waals surface area (Å²) in [6.07, 6.45) is 3.67. The highest BCUT2D eigenvalue weighted by Crippen LogP contribution is 2.28. The van der Waals surface area contributed by atoms with Gasteiger partial charge in [0.15, 0.2) is 0 Å². The van der Waals surface area contributed by atoms with Gasteiger partial charge >= 0.3 is 0 Å². The van der Waals surface area contributed by atoms with Gasteiger partial charge in [-0.15, -0.1) is 0 Å². The maximum absolute atomic E-state index is 12.3. The van der Waals surface area contributed by atoms with Gasteiger partial charge in [-0.25, -0.2) is 21.9 Å². The van der Waals surface area contributed by atoms with Gasteiger partial charge in [0.1, 0.15) is 11.4 Å². The quantitative estimate of drug-likeness (QED) is 0.782. The van der Waals surface area contributed by atoms with Crippen molar-refractivity contribution in [2.45, 2.75) is 49.6 Å². The maximum Gasteiger partial charge on any atom is 0.257 e. The lowest BCUT2D eigenvalue weighted by Gasteiger charge is -2.22. The Morgan fingerprint density at radius 2 is 2.10 bits per heavy atom. The van der Waals surface area contributed by atoms with Crippen LogP contribution in [0.5, 0.6) is 0 Å². The summed E-state index contributed by atoms with van der Waals surface area (Å²) >= 11 is 0. The largest absolute Gasteiger partial charge is 0.329 e. The first-order valence-corrected chi connectivity index (χ1v) is 8.43. The maximum atomic E-state index is 12.3. The van der Waals surface area contributed by atoms with E-state index in [0.717, 1.165) is 42.8 Å². The van der Waals surface area contributed by atoms with Gasteiger partial charge < -0.3 is 5.73 Å². The van der Waals surface area contributed by atoms with Crippen LogP contribution in [0.15, 0.2) is 17.3 Å². The van der Waals surface area contributed by atoms with Gasteiger partial charge in [-0.3, -0.25) is 4.68 Å². The van der Waals surface area contributed by atoms with Gasteiger partial charge in [-0.05, 0) is 18.8 Å². The predicted molar refractivity (Wildman–Crippen MR) is 73.4 cm³/mol. The molecule has 1 aromatic rings. The molecular formula is C12H20F2N4O2S. The Bertz CT molecular complexity index is 555. The third-order valence-electron chi connectivity index (χ3n) is 3.77. The summed E-state index contributed by atoms with van der Waals surface area (Å²) in [5.74, 6) is 0.237. The lowest BCUT2D eigenvalue weighted by molar-refractivity contribution is 0.121. The molecule has 0 aromatic carbocycles. The van der Waals surface area contributed by atoms with Crippen molar-refractivity contribution in [1.82, 2.24) is 14.5 Å². The summed E-state index contributed by atoms with van der Waals surface area (Å²) in [7, 11) is -3.78. The fourth-order valence-corrected chi connectivity index (χ4v) is 3.96. The zero-order chi connectivity index (χ0) is 15.5. The number of sulfonamides is 1. The molecule has 0 saturated heterocycles. The second-order valence-electron chi connectivity index (χ2n) is 5.30. The molecule has 0 aliphatic heterocycles. The van der Waals surface area contributed by atoms with Gasteiger partial charge in [0.2, 0.25) is 10.0 Å². The molecule has 0 radical (unpaired) electrons. The zero-order valence-electron chi connectivity index (χ0n) is 11.6. The Hall–Kier alpha value is -1.06. The molecule has 0 amide bonds. The van der Waals surface area contributed by atoms with Gasteiger partial charge in [0, 0.05) is 18.8 Å². The summed E-state index contributed by atoms with van der Waals surface area (Å²) in [6.45, 7) is -0.409. The van der Waals surface area contributed by atoms with E-state index in [1.807, 2.05) is 0 Å². The number of alkyl halides is 2. The first kappa shape index (κ1) is 16.3. The van der Waals surface area contributed by atoms with Crippen LogP contribution in [-0.2, 0) is 16.6 Å². The summed E-state index contributed by atoms with van der Waals surface area (Å²) in [5.41, 5.74) is 5.66. The number of nitrogens with two attached hydrogens (primary N) is 1. The van der Waals surface area contributed by atoms with Crippen LogP contribution in [0.25, 0.3) is 0 Å². The van der Waals surface area contributed by atoms with Crippen molar-refractivity contribution in [1.29, 1.82) is 0 Å². The van der Waals surface area contributed by atoms with E-state index in [0.29, 0.717) is 0 Å². The Morgan fingerprint density at radius 3 is 2.67 bits per heavy atom. The third-order valence-corrected chi connectivity index (χ3v) is 5.22. The van der Waals surface area contributed by atoms with Crippen molar-refractivity contribution in [2.24, 2.45) is 11.7 Å². The van der Waals surface area contributed by atoms with Crippen LogP contribution < -0.4 is 10.5 Å². The number of hydrogen-bond acceptors (Lipinski definition) is 4. The summed E-state index contributed by atoms with van der Waals surface area (Å²) in [4.78, 5) is -0.111. The Labute approximate surface area is 122 Å². The van der Waals surface area contributed by atoms with Crippen molar-refractivity contribution >= 4 is 10.0 Å². The number of hydrogen-bond donors (Lipinski definition) is 2. The third kappa shape index (κ3) is 4.21. The van der Waals surface area contributed by atoms with Crippen molar-refractivity contribution in [3.8, 4) is 0 Å². The molecule has 0 spiro atoms. The first-order chi connectivity index (χ1) is 9.92. The second-order valence-corrected chi connectivity index (χ2v) is 7.01. The summed E-state index contributed by atoms with van der Waals surface area (Å²) in [6, 6.07) is -0.323. The highest BCUT2D eigenvalue weighted by atomic mass is 32.2. The molecule has 1 unspecified atom stereocenters. The Kier molecular flexibility index (Phi) is 5.28. The van der Waals surface area contributed by atoms with Crippen molar-refractivity contribution < 1.29 is 17.2 Å². The molecule has 2 rings (SSSR count). The fourth-order valence-electron chi connectivity index (χ4n) is 2.69. The summed E-state index contributed by atoms with van der Waals surface area (Å²) < 4.78 is 52.5. The van der Waals surface area contributed by atoms with Crippen LogP contribution >= 0.6 is 0 Å². The van der Waals surface area contributed by atoms with Crippen LogP contribution in [0.1, 0.15) is 25.7 Å². The molecule has 9 heteroatoms. The minimum absolute atomic E-state index is 0.111. The van der Waals surface area contributed by atoms with Crippen molar-refractivity contribution in [3.63, 3.8) is 0 Å². The van der Waals surface area contributed by atoms with Crippen LogP contribution in [0.3, 0.4) is 0 Å². The van der Waals surface area contributed by atoms with Gasteiger partial charge in [0.05, 0.1) is 6.20 Å². The van der Waals surface area contributed by atoms with Crippen LogP contribution in [-0.4, -0.2) is 37.2 Å². The van der Waals surface area contributed by atoms with Crippen molar-refractivity contribution in [2.75, 3.05) is 6.54 Å². The minimum atomic E-state index is -3.78. The van der Waals surface area contributed by atoms with E-state index >= 15 is 0 Å². The molecule has 1 atom stereocenters. The number of nitrogens with one attached hydrogen (secondary N) is 1. The van der Waals surface area contributed by atoms with E-state index < -0.39 is 23.0 Å². The number of aromatic nitrogens is 2. The molecule has 3 N–H and O–H groups in total. The molecule has 120 valence electrons. The van der Waals surface area contributed by atoms with E-state index in [1.54, 1.807) is 0 Å². The standard InChI is InChI=1S/C12H20F2N4O2S/c13-12(14)8-18-7-10(6-16-18)21(19,20)17-11(5-15)9-3-1-2-4-9/h6-7,9,11-12,17H,1-5,8,15H2. The normalized spacial score (nSPS) is 18.5. The Balaban J connectivity index is 2.07. The monoisotopic (exact) mass is 322 g/mol. The van der Waals surface area contributed by atoms with Crippen LogP contribution in [0.4, 0.5) is 8.78 Å². The molecule has 1 saturated carbocycles. The molecule has 1 fully saturated rings. The molecular weight excluding hydrogens is 302 g/mol. The Morgan fingerprint density at radius 1 is 1.43 bits per heavy atom. The number of nitrogens with zero attached hydrogens (tertiary/aromatic N) is 2. The number of rotatable bonds is 7. The highest BCUT2D eigenvalue weighted by Gasteiger charge is 2.29. The molecule has 21 heavy (non-hydrogen) atoms. The molecule has 0 bridgehead atoms. The average Bonchev–Trinajstić information content (AvgIpc) is 3.06. The molecule has 1 aliphatic carbocycles. The molecule has 1 aromatic heterocycles. The minimum Gasteiger partial charge on any atom is -0.329 e. The highest BCUT2D eigenvalue weighted by molar-refractivity contribution is 7.89. The topological polar surface area (TPSA) is 90.0 Å². The SMILES string of the molecule is NCC(NS(=O)(=O)c1cnn(CC(F)F)c1)C1CCCC1. The van der Waals surface area contributed by atoms with E-state index in [9.17, 15) is 17.2 Å². The lowest BCUT2D eigenvalue weighted by Crippen LogP contribution is -2.44. The van der Waals surface area contributed by atoms with Crippen LogP contribution in [0.2, 0.25) is 0 Å². The van der Waals surface area contributed by atoms with E-state index in [-0.39, 0.29) is 23.4 Å². The average molecular weight is 322 g/mol. The van der Waals surface area contributed by atoms with Crippen molar-refractivity contribution in [3.05, 3.63) is 12.4 Å². The van der Waals surface area contributed by atoms with Gasteiger partial charge in [-0.2, -0.15) is 5.10 Å². The fraction of sp³-hybridized carbons (Fsp3) is 0.750. The zero-order valence-corrected chi connectivity index (χ0v) is 12.4. The molecule has 1 heterocycles. The number of halogens is 2. The first-order valence-electron chi connectivity index (χ1n) is 6.95. The smallest absolute Gasteiger partial charge is 0.257 e. The predicted octanol–water partition coefficient (Wildman–Crippen LogP) is 0.944. The van der Waals surface area contributed by atoms with E-state index in [4.69, 9.17) is 5.73 Å². The van der Waals surface area contributed by atoms with Gasteiger partial charge in [-0.1, -0.05) is 12.8 Å². The molecule has 1 aliphatic rings. The van der Waals surface area contributed by atoms with E-state index in [1.165, 1.54) is 0 Å². The summed E-state index contributed by atoms with van der Waals surface area (Å²) in [5, 5.41) is 3.64.